The largest absolute Gasteiger partial charge is 0.307 e. The van der Waals surface area contributed by atoms with E-state index >= 15 is 0 Å². The fraction of sp³-hybridized carbons (Fsp3) is 0.462. The van der Waals surface area contributed by atoms with Crippen molar-refractivity contribution in [3.8, 4) is 0 Å². The number of hydrogen-bond acceptors (Lipinski definition) is 1. The summed E-state index contributed by atoms with van der Waals surface area (Å²) in [7, 11) is 0. The molecule has 2 heterocycles. The van der Waals surface area contributed by atoms with Gasteiger partial charge in [0.25, 0.3) is 0 Å². The van der Waals surface area contributed by atoms with E-state index in [4.69, 9.17) is 0 Å². The van der Waals surface area contributed by atoms with Crippen molar-refractivity contribution >= 4 is 5.65 Å². The van der Waals surface area contributed by atoms with Gasteiger partial charge in [-0.3, -0.25) is 0 Å². The topological polar surface area (TPSA) is 17.3 Å². The number of imidazole rings is 1. The quantitative estimate of drug-likeness (QED) is 0.727. The molecule has 0 aromatic carbocycles. The zero-order valence-corrected chi connectivity index (χ0v) is 9.11. The van der Waals surface area contributed by atoms with E-state index in [1.807, 2.05) is 0 Å². The van der Waals surface area contributed by atoms with Gasteiger partial charge in [0.1, 0.15) is 5.65 Å². The third-order valence-electron chi connectivity index (χ3n) is 3.46. The van der Waals surface area contributed by atoms with Gasteiger partial charge >= 0.3 is 0 Å². The molecule has 0 unspecified atom stereocenters. The average Bonchev–Trinajstić information content (AvgIpc) is 2.57. The van der Waals surface area contributed by atoms with Crippen molar-refractivity contribution in [3.63, 3.8) is 0 Å². The fourth-order valence-electron chi connectivity index (χ4n) is 2.21. The third kappa shape index (κ3) is 1.44. The Kier molecular flexibility index (Phi) is 2.01. The summed E-state index contributed by atoms with van der Waals surface area (Å²) in [6.45, 7) is 2.15. The Hall–Kier alpha value is -1.31. The van der Waals surface area contributed by atoms with E-state index in [2.05, 4.69) is 40.8 Å². The number of pyridine rings is 1. The van der Waals surface area contributed by atoms with E-state index in [1.54, 1.807) is 0 Å². The first kappa shape index (κ1) is 8.96. The Bertz CT molecular complexity index is 480. The highest BCUT2D eigenvalue weighted by Crippen LogP contribution is 2.36. The highest BCUT2D eigenvalue weighted by atomic mass is 15.0. The predicted octanol–water partition coefficient (Wildman–Crippen LogP) is 3.16. The standard InChI is InChI=1S/C13H16N2/c1-2-12-9-15-8-11(10-4-3-5-10)6-7-13(15)14-12/h6-10H,2-5H2,1H3. The highest BCUT2D eigenvalue weighted by Gasteiger charge is 2.19. The minimum Gasteiger partial charge on any atom is -0.307 e. The summed E-state index contributed by atoms with van der Waals surface area (Å²) >= 11 is 0. The van der Waals surface area contributed by atoms with E-state index in [1.165, 1.54) is 30.5 Å². The van der Waals surface area contributed by atoms with Crippen molar-refractivity contribution in [1.29, 1.82) is 0 Å². The van der Waals surface area contributed by atoms with Gasteiger partial charge in [-0.15, -0.1) is 0 Å². The van der Waals surface area contributed by atoms with Crippen LogP contribution in [0.3, 0.4) is 0 Å². The first-order valence-corrected chi connectivity index (χ1v) is 5.84. The van der Waals surface area contributed by atoms with Crippen LogP contribution < -0.4 is 0 Å². The molecule has 0 amide bonds. The van der Waals surface area contributed by atoms with Gasteiger partial charge in [0.05, 0.1) is 5.69 Å². The van der Waals surface area contributed by atoms with Crippen molar-refractivity contribution in [3.05, 3.63) is 35.8 Å². The Morgan fingerprint density at radius 3 is 2.87 bits per heavy atom. The highest BCUT2D eigenvalue weighted by molar-refractivity contribution is 5.42. The zero-order chi connectivity index (χ0) is 10.3. The van der Waals surface area contributed by atoms with E-state index in [-0.39, 0.29) is 0 Å². The Morgan fingerprint density at radius 2 is 2.20 bits per heavy atom. The molecule has 0 bridgehead atoms. The maximum absolute atomic E-state index is 4.54. The molecule has 1 aliphatic carbocycles. The molecular formula is C13H16N2. The molecule has 0 radical (unpaired) electrons. The molecule has 0 atom stereocenters. The van der Waals surface area contributed by atoms with E-state index < -0.39 is 0 Å². The van der Waals surface area contributed by atoms with Gasteiger partial charge in [0.15, 0.2) is 0 Å². The summed E-state index contributed by atoms with van der Waals surface area (Å²) in [5, 5.41) is 0. The second-order valence-electron chi connectivity index (χ2n) is 4.44. The normalized spacial score (nSPS) is 16.9. The van der Waals surface area contributed by atoms with Gasteiger partial charge in [0.2, 0.25) is 0 Å². The summed E-state index contributed by atoms with van der Waals surface area (Å²) in [6, 6.07) is 4.39. The SMILES string of the molecule is CCc1cn2cc(C3CCC3)ccc2n1. The lowest BCUT2D eigenvalue weighted by atomic mass is 9.81. The van der Waals surface area contributed by atoms with Crippen LogP contribution in [0, 0.1) is 0 Å². The molecule has 2 aromatic heterocycles. The fourth-order valence-corrected chi connectivity index (χ4v) is 2.21. The van der Waals surface area contributed by atoms with E-state index in [9.17, 15) is 0 Å². The Labute approximate surface area is 90.0 Å². The van der Waals surface area contributed by atoms with E-state index in [0.29, 0.717) is 0 Å². The Balaban J connectivity index is 2.04. The lowest BCUT2D eigenvalue weighted by Gasteiger charge is -2.25. The molecule has 0 saturated heterocycles. The van der Waals surface area contributed by atoms with Crippen LogP contribution in [0.2, 0.25) is 0 Å². The van der Waals surface area contributed by atoms with Crippen LogP contribution in [0.4, 0.5) is 0 Å². The molecule has 0 N–H and O–H groups in total. The van der Waals surface area contributed by atoms with Crippen LogP contribution in [0.5, 0.6) is 0 Å². The second kappa shape index (κ2) is 3.37. The first-order valence-electron chi connectivity index (χ1n) is 5.84. The summed E-state index contributed by atoms with van der Waals surface area (Å²) in [4.78, 5) is 4.54. The maximum Gasteiger partial charge on any atom is 0.136 e. The molecule has 78 valence electrons. The lowest BCUT2D eigenvalue weighted by Crippen LogP contribution is -2.09. The van der Waals surface area contributed by atoms with Crippen LogP contribution in [0.25, 0.3) is 5.65 Å². The lowest BCUT2D eigenvalue weighted by molar-refractivity contribution is 0.418. The van der Waals surface area contributed by atoms with Gasteiger partial charge < -0.3 is 4.40 Å². The number of aromatic nitrogens is 2. The van der Waals surface area contributed by atoms with Gasteiger partial charge in [-0.05, 0) is 36.8 Å². The molecular weight excluding hydrogens is 184 g/mol. The number of aryl methyl sites for hydroxylation is 1. The second-order valence-corrected chi connectivity index (χ2v) is 4.44. The van der Waals surface area contributed by atoms with Gasteiger partial charge in [-0.2, -0.15) is 0 Å². The van der Waals surface area contributed by atoms with Crippen LogP contribution >= 0.6 is 0 Å². The number of hydrogen-bond donors (Lipinski definition) is 0. The minimum absolute atomic E-state index is 0.807. The summed E-state index contributed by atoms with van der Waals surface area (Å²) < 4.78 is 2.17. The monoisotopic (exact) mass is 200 g/mol. The van der Waals surface area contributed by atoms with Crippen LogP contribution in [-0.4, -0.2) is 9.38 Å². The predicted molar refractivity (Wildman–Crippen MR) is 61.2 cm³/mol. The Morgan fingerprint density at radius 1 is 1.33 bits per heavy atom. The molecule has 2 aromatic rings. The minimum atomic E-state index is 0.807. The van der Waals surface area contributed by atoms with Gasteiger partial charge in [-0.25, -0.2) is 4.98 Å². The summed E-state index contributed by atoms with van der Waals surface area (Å²) in [5.41, 5.74) is 3.74. The molecule has 1 saturated carbocycles. The number of fused-ring (bicyclic) bond motifs is 1. The third-order valence-corrected chi connectivity index (χ3v) is 3.46. The first-order chi connectivity index (χ1) is 7.36. The molecule has 1 fully saturated rings. The van der Waals surface area contributed by atoms with Crippen LogP contribution in [0.1, 0.15) is 43.4 Å². The van der Waals surface area contributed by atoms with Crippen molar-refractivity contribution < 1.29 is 0 Å². The summed E-state index contributed by atoms with van der Waals surface area (Å²) in [5.74, 6) is 0.807. The molecule has 0 spiro atoms. The number of rotatable bonds is 2. The summed E-state index contributed by atoms with van der Waals surface area (Å²) in [6.07, 6.45) is 9.54. The molecule has 3 rings (SSSR count). The van der Waals surface area contributed by atoms with Crippen LogP contribution in [0.15, 0.2) is 24.5 Å². The van der Waals surface area contributed by atoms with Crippen LogP contribution in [-0.2, 0) is 6.42 Å². The molecule has 1 aliphatic rings. The van der Waals surface area contributed by atoms with Crippen molar-refractivity contribution in [2.45, 2.75) is 38.5 Å². The number of nitrogens with zero attached hydrogens (tertiary/aromatic N) is 2. The van der Waals surface area contributed by atoms with E-state index in [0.717, 1.165) is 18.0 Å². The zero-order valence-electron chi connectivity index (χ0n) is 9.11. The van der Waals surface area contributed by atoms with Gasteiger partial charge in [0, 0.05) is 12.4 Å². The smallest absolute Gasteiger partial charge is 0.136 e. The van der Waals surface area contributed by atoms with Crippen molar-refractivity contribution in [1.82, 2.24) is 9.38 Å². The van der Waals surface area contributed by atoms with Gasteiger partial charge in [-0.1, -0.05) is 19.4 Å². The maximum atomic E-state index is 4.54. The molecule has 15 heavy (non-hydrogen) atoms. The van der Waals surface area contributed by atoms with Crippen molar-refractivity contribution in [2.75, 3.05) is 0 Å². The van der Waals surface area contributed by atoms with Crippen molar-refractivity contribution in [2.24, 2.45) is 0 Å². The average molecular weight is 200 g/mol. The molecule has 2 heteroatoms. The molecule has 2 nitrogen and oxygen atoms in total. The molecule has 0 aliphatic heterocycles.